The lowest BCUT2D eigenvalue weighted by Crippen LogP contribution is -2.52. The van der Waals surface area contributed by atoms with Crippen molar-refractivity contribution in [1.29, 1.82) is 0 Å². The molecule has 0 radical (unpaired) electrons. The molecule has 1 aliphatic heterocycles. The van der Waals surface area contributed by atoms with Crippen LogP contribution >= 0.6 is 15.9 Å². The van der Waals surface area contributed by atoms with E-state index in [4.69, 9.17) is 0 Å². The molecule has 5 heteroatoms. The Kier molecular flexibility index (Phi) is 4.42. The second kappa shape index (κ2) is 5.79. The molecule has 114 valence electrons. The minimum Gasteiger partial charge on any atom is -0.344 e. The lowest BCUT2D eigenvalue weighted by molar-refractivity contribution is -0.127. The normalized spacial score (nSPS) is 20.2. The maximum atomic E-state index is 12.9. The number of hydrogen-bond donors (Lipinski definition) is 1. The van der Waals surface area contributed by atoms with Crippen LogP contribution in [0.4, 0.5) is 5.69 Å². The monoisotopic (exact) mass is 352 g/mol. The Balaban J connectivity index is 2.42. The summed E-state index contributed by atoms with van der Waals surface area (Å²) in [5, 5.41) is 2.85. The number of hydrogen-bond acceptors (Lipinski definition) is 2. The van der Waals surface area contributed by atoms with Crippen molar-refractivity contribution in [1.82, 2.24) is 5.32 Å². The zero-order valence-corrected chi connectivity index (χ0v) is 14.5. The van der Waals surface area contributed by atoms with Gasteiger partial charge in [-0.15, -0.1) is 0 Å². The molecule has 21 heavy (non-hydrogen) atoms. The second-order valence-electron chi connectivity index (χ2n) is 6.56. The number of nitrogens with one attached hydrogen (secondary N) is 1. The summed E-state index contributed by atoms with van der Waals surface area (Å²) in [6.45, 7) is 8.29. The van der Waals surface area contributed by atoms with Crippen molar-refractivity contribution in [2.75, 3.05) is 11.4 Å². The van der Waals surface area contributed by atoms with Crippen molar-refractivity contribution in [3.63, 3.8) is 0 Å². The molecule has 1 fully saturated rings. The summed E-state index contributed by atoms with van der Waals surface area (Å²) in [6, 6.07) is 5.36. The van der Waals surface area contributed by atoms with Crippen LogP contribution in [0, 0.1) is 12.3 Å². The summed E-state index contributed by atoms with van der Waals surface area (Å²) in [5.41, 5.74) is 1.61. The predicted octanol–water partition coefficient (Wildman–Crippen LogP) is 3.03. The van der Waals surface area contributed by atoms with Crippen LogP contribution in [-0.4, -0.2) is 24.4 Å². The number of carbonyl (C=O) groups is 2. The molecule has 4 nitrogen and oxygen atoms in total. The molecule has 0 aliphatic carbocycles. The first-order valence-electron chi connectivity index (χ1n) is 7.07. The molecule has 2 amide bonds. The molecule has 1 atom stereocenters. The van der Waals surface area contributed by atoms with Gasteiger partial charge in [-0.3, -0.25) is 9.59 Å². The van der Waals surface area contributed by atoms with E-state index >= 15 is 0 Å². The second-order valence-corrected chi connectivity index (χ2v) is 7.42. The van der Waals surface area contributed by atoms with Gasteiger partial charge >= 0.3 is 0 Å². The van der Waals surface area contributed by atoms with Gasteiger partial charge in [0, 0.05) is 17.4 Å². The fourth-order valence-corrected chi connectivity index (χ4v) is 3.14. The van der Waals surface area contributed by atoms with Gasteiger partial charge in [-0.1, -0.05) is 26.8 Å². The molecule has 1 heterocycles. The van der Waals surface area contributed by atoms with Gasteiger partial charge < -0.3 is 10.2 Å². The van der Waals surface area contributed by atoms with Crippen LogP contribution < -0.4 is 10.2 Å². The third-order valence-electron chi connectivity index (χ3n) is 3.64. The molecule has 1 aromatic carbocycles. The Labute approximate surface area is 134 Å². The molecule has 1 aromatic rings. The molecule has 1 unspecified atom stereocenters. The molecule has 1 saturated heterocycles. The zero-order chi connectivity index (χ0) is 15.8. The molecule has 0 aromatic heterocycles. The Morgan fingerprint density at radius 1 is 1.29 bits per heavy atom. The number of anilines is 1. The highest BCUT2D eigenvalue weighted by Crippen LogP contribution is 2.31. The number of benzene rings is 1. The van der Waals surface area contributed by atoms with Crippen LogP contribution in [0.3, 0.4) is 0 Å². The van der Waals surface area contributed by atoms with Gasteiger partial charge in [-0.2, -0.15) is 0 Å². The van der Waals surface area contributed by atoms with Gasteiger partial charge in [0.15, 0.2) is 0 Å². The first-order valence-corrected chi connectivity index (χ1v) is 7.86. The largest absolute Gasteiger partial charge is 0.344 e. The third kappa shape index (κ3) is 3.46. The zero-order valence-electron chi connectivity index (χ0n) is 12.9. The Hall–Kier alpha value is -1.36. The molecule has 0 bridgehead atoms. The van der Waals surface area contributed by atoms with Gasteiger partial charge in [-0.05, 0) is 46.0 Å². The quantitative estimate of drug-likeness (QED) is 0.844. The van der Waals surface area contributed by atoms with Crippen molar-refractivity contribution < 1.29 is 9.59 Å². The van der Waals surface area contributed by atoms with Crippen molar-refractivity contribution in [2.45, 2.75) is 40.2 Å². The Morgan fingerprint density at radius 3 is 2.52 bits per heavy atom. The van der Waals surface area contributed by atoms with E-state index in [2.05, 4.69) is 21.2 Å². The van der Waals surface area contributed by atoms with E-state index in [9.17, 15) is 9.59 Å². The van der Waals surface area contributed by atoms with E-state index in [-0.39, 0.29) is 17.2 Å². The minimum absolute atomic E-state index is 0.0575. The van der Waals surface area contributed by atoms with E-state index in [1.165, 1.54) is 0 Å². The first-order chi connectivity index (χ1) is 9.70. The Morgan fingerprint density at radius 2 is 1.95 bits per heavy atom. The summed E-state index contributed by atoms with van der Waals surface area (Å²) in [5.74, 6) is -0.132. The molecule has 1 N–H and O–H groups in total. The SMILES string of the molecule is Cc1ccc(N2CCC(=O)NC(C(C)(C)C)C2=O)c(Br)c1. The summed E-state index contributed by atoms with van der Waals surface area (Å²) in [4.78, 5) is 26.5. The molecule has 1 aliphatic rings. The van der Waals surface area contributed by atoms with E-state index in [0.717, 1.165) is 15.7 Å². The summed E-state index contributed by atoms with van der Waals surface area (Å²) >= 11 is 3.52. The molecule has 0 spiro atoms. The van der Waals surface area contributed by atoms with Gasteiger partial charge in [0.05, 0.1) is 5.69 Å². The number of nitrogens with zero attached hydrogens (tertiary/aromatic N) is 1. The van der Waals surface area contributed by atoms with E-state index in [0.29, 0.717) is 13.0 Å². The maximum Gasteiger partial charge on any atom is 0.250 e. The Bertz CT molecular complexity index is 578. The van der Waals surface area contributed by atoms with E-state index in [1.807, 2.05) is 45.9 Å². The third-order valence-corrected chi connectivity index (χ3v) is 4.28. The van der Waals surface area contributed by atoms with Gasteiger partial charge in [0.25, 0.3) is 0 Å². The van der Waals surface area contributed by atoms with Crippen molar-refractivity contribution in [2.24, 2.45) is 5.41 Å². The number of carbonyl (C=O) groups excluding carboxylic acids is 2. The molecular weight excluding hydrogens is 332 g/mol. The van der Waals surface area contributed by atoms with E-state index in [1.54, 1.807) is 4.90 Å². The number of amides is 2. The summed E-state index contributed by atoms with van der Waals surface area (Å²) in [7, 11) is 0. The van der Waals surface area contributed by atoms with Gasteiger partial charge in [0.2, 0.25) is 11.8 Å². The van der Waals surface area contributed by atoms with Crippen LogP contribution in [-0.2, 0) is 9.59 Å². The predicted molar refractivity (Wildman–Crippen MR) is 87.2 cm³/mol. The highest BCUT2D eigenvalue weighted by Gasteiger charge is 2.38. The van der Waals surface area contributed by atoms with Crippen molar-refractivity contribution >= 4 is 33.4 Å². The van der Waals surface area contributed by atoms with Crippen LogP contribution in [0.1, 0.15) is 32.8 Å². The highest BCUT2D eigenvalue weighted by molar-refractivity contribution is 9.10. The van der Waals surface area contributed by atoms with Crippen LogP contribution in [0.5, 0.6) is 0 Å². The molecule has 2 rings (SSSR count). The van der Waals surface area contributed by atoms with Crippen LogP contribution in [0.25, 0.3) is 0 Å². The maximum absolute atomic E-state index is 12.9. The van der Waals surface area contributed by atoms with Gasteiger partial charge in [-0.25, -0.2) is 0 Å². The first kappa shape index (κ1) is 16.0. The minimum atomic E-state index is -0.513. The van der Waals surface area contributed by atoms with E-state index < -0.39 is 6.04 Å². The topological polar surface area (TPSA) is 49.4 Å². The fraction of sp³-hybridized carbons (Fsp3) is 0.500. The van der Waals surface area contributed by atoms with Gasteiger partial charge in [0.1, 0.15) is 6.04 Å². The molecule has 0 saturated carbocycles. The summed E-state index contributed by atoms with van der Waals surface area (Å²) in [6.07, 6.45) is 0.318. The number of rotatable bonds is 1. The lowest BCUT2D eigenvalue weighted by atomic mass is 9.86. The van der Waals surface area contributed by atoms with Crippen molar-refractivity contribution in [3.8, 4) is 0 Å². The average molecular weight is 353 g/mol. The number of halogens is 1. The smallest absolute Gasteiger partial charge is 0.250 e. The number of aryl methyl sites for hydroxylation is 1. The molecular formula is C16H21BrN2O2. The lowest BCUT2D eigenvalue weighted by Gasteiger charge is -2.32. The van der Waals surface area contributed by atoms with Crippen LogP contribution in [0.2, 0.25) is 0 Å². The standard InChI is InChI=1S/C16H21BrN2O2/c1-10-5-6-12(11(17)9-10)19-8-7-13(20)18-14(15(19)21)16(2,3)4/h5-6,9,14H,7-8H2,1-4H3,(H,18,20). The average Bonchev–Trinajstić information content (AvgIpc) is 2.50. The fourth-order valence-electron chi connectivity index (χ4n) is 2.43. The van der Waals surface area contributed by atoms with Crippen molar-refractivity contribution in [3.05, 3.63) is 28.2 Å². The summed E-state index contributed by atoms with van der Waals surface area (Å²) < 4.78 is 0.873. The van der Waals surface area contributed by atoms with Crippen LogP contribution in [0.15, 0.2) is 22.7 Å². The highest BCUT2D eigenvalue weighted by atomic mass is 79.9.